The summed E-state index contributed by atoms with van der Waals surface area (Å²) in [5.41, 5.74) is 0.881. The standard InChI is InChI=1S/C12H17N3O2/c1-2-5-10-9(11(16)17)8-13-12(14-10)15-6-3-4-7-15/h8H,2-7H2,1H3,(H,16,17). The molecule has 0 amide bonds. The van der Waals surface area contributed by atoms with Crippen LogP contribution in [0.3, 0.4) is 0 Å². The highest BCUT2D eigenvalue weighted by atomic mass is 16.4. The summed E-state index contributed by atoms with van der Waals surface area (Å²) < 4.78 is 0. The van der Waals surface area contributed by atoms with Gasteiger partial charge in [-0.25, -0.2) is 14.8 Å². The van der Waals surface area contributed by atoms with Gasteiger partial charge in [0.1, 0.15) is 0 Å². The lowest BCUT2D eigenvalue weighted by Crippen LogP contribution is -2.22. The van der Waals surface area contributed by atoms with E-state index in [4.69, 9.17) is 5.11 Å². The Hall–Kier alpha value is -1.65. The van der Waals surface area contributed by atoms with E-state index in [2.05, 4.69) is 14.9 Å². The summed E-state index contributed by atoms with van der Waals surface area (Å²) in [7, 11) is 0. The number of aromatic carboxylic acids is 1. The minimum Gasteiger partial charge on any atom is -0.478 e. The van der Waals surface area contributed by atoms with Gasteiger partial charge in [0.2, 0.25) is 5.95 Å². The van der Waals surface area contributed by atoms with Crippen molar-refractivity contribution in [3.63, 3.8) is 0 Å². The van der Waals surface area contributed by atoms with Crippen LogP contribution < -0.4 is 4.90 Å². The van der Waals surface area contributed by atoms with Gasteiger partial charge < -0.3 is 10.0 Å². The van der Waals surface area contributed by atoms with Gasteiger partial charge in [-0.15, -0.1) is 0 Å². The first kappa shape index (κ1) is 11.8. The fourth-order valence-corrected chi connectivity index (χ4v) is 2.08. The smallest absolute Gasteiger partial charge is 0.339 e. The van der Waals surface area contributed by atoms with Crippen molar-refractivity contribution in [3.8, 4) is 0 Å². The molecule has 1 N–H and O–H groups in total. The number of anilines is 1. The maximum atomic E-state index is 11.0. The Kier molecular flexibility index (Phi) is 3.56. The van der Waals surface area contributed by atoms with Gasteiger partial charge in [-0.3, -0.25) is 0 Å². The van der Waals surface area contributed by atoms with Gasteiger partial charge in [-0.1, -0.05) is 13.3 Å². The van der Waals surface area contributed by atoms with E-state index < -0.39 is 5.97 Å². The van der Waals surface area contributed by atoms with Crippen molar-refractivity contribution in [3.05, 3.63) is 17.5 Å². The fourth-order valence-electron chi connectivity index (χ4n) is 2.08. The van der Waals surface area contributed by atoms with Gasteiger partial charge in [0, 0.05) is 19.3 Å². The van der Waals surface area contributed by atoms with Crippen LogP contribution >= 0.6 is 0 Å². The second-order valence-electron chi connectivity index (χ2n) is 4.28. The van der Waals surface area contributed by atoms with Crippen molar-refractivity contribution in [1.29, 1.82) is 0 Å². The third-order valence-electron chi connectivity index (χ3n) is 2.96. The van der Waals surface area contributed by atoms with Crippen LogP contribution in [-0.4, -0.2) is 34.1 Å². The molecule has 92 valence electrons. The molecule has 0 saturated carbocycles. The van der Waals surface area contributed by atoms with E-state index in [0.29, 0.717) is 18.1 Å². The molecule has 2 heterocycles. The first-order chi connectivity index (χ1) is 8.22. The summed E-state index contributed by atoms with van der Waals surface area (Å²) in [6, 6.07) is 0. The molecule has 0 unspecified atom stereocenters. The summed E-state index contributed by atoms with van der Waals surface area (Å²) in [6.45, 7) is 3.96. The number of hydrogen-bond acceptors (Lipinski definition) is 4. The Morgan fingerprint density at radius 1 is 1.47 bits per heavy atom. The van der Waals surface area contributed by atoms with E-state index in [-0.39, 0.29) is 5.56 Å². The van der Waals surface area contributed by atoms with Crippen LogP contribution in [-0.2, 0) is 6.42 Å². The monoisotopic (exact) mass is 235 g/mol. The van der Waals surface area contributed by atoms with Gasteiger partial charge in [-0.2, -0.15) is 0 Å². The second kappa shape index (κ2) is 5.12. The molecule has 1 aromatic heterocycles. The first-order valence-electron chi connectivity index (χ1n) is 6.06. The molecule has 0 aliphatic carbocycles. The molecule has 1 aliphatic rings. The zero-order valence-corrected chi connectivity index (χ0v) is 10.0. The highest BCUT2D eigenvalue weighted by Gasteiger charge is 2.18. The van der Waals surface area contributed by atoms with E-state index in [1.807, 2.05) is 6.92 Å². The van der Waals surface area contributed by atoms with Crippen molar-refractivity contribution in [1.82, 2.24) is 9.97 Å². The minimum absolute atomic E-state index is 0.231. The molecular formula is C12H17N3O2. The number of rotatable bonds is 4. The van der Waals surface area contributed by atoms with Gasteiger partial charge in [0.05, 0.1) is 11.3 Å². The Labute approximate surface area is 100 Å². The minimum atomic E-state index is -0.943. The Morgan fingerprint density at radius 2 is 2.18 bits per heavy atom. The predicted octanol–water partition coefficient (Wildman–Crippen LogP) is 1.73. The van der Waals surface area contributed by atoms with Crippen molar-refractivity contribution in [2.75, 3.05) is 18.0 Å². The van der Waals surface area contributed by atoms with E-state index in [1.54, 1.807) is 0 Å². The lowest BCUT2D eigenvalue weighted by atomic mass is 10.1. The maximum absolute atomic E-state index is 11.0. The second-order valence-corrected chi connectivity index (χ2v) is 4.28. The molecule has 1 saturated heterocycles. The van der Waals surface area contributed by atoms with Crippen LogP contribution in [0.4, 0.5) is 5.95 Å². The molecule has 17 heavy (non-hydrogen) atoms. The molecule has 1 aliphatic heterocycles. The average molecular weight is 235 g/mol. The van der Waals surface area contributed by atoms with Crippen LogP contribution in [0.1, 0.15) is 42.2 Å². The van der Waals surface area contributed by atoms with E-state index in [1.165, 1.54) is 6.20 Å². The molecule has 5 nitrogen and oxygen atoms in total. The van der Waals surface area contributed by atoms with Crippen LogP contribution in [0.15, 0.2) is 6.20 Å². The SMILES string of the molecule is CCCc1nc(N2CCCC2)ncc1C(=O)O. The van der Waals surface area contributed by atoms with Gasteiger partial charge in [0.25, 0.3) is 0 Å². The van der Waals surface area contributed by atoms with Gasteiger partial charge in [0.15, 0.2) is 0 Å². The van der Waals surface area contributed by atoms with E-state index in [0.717, 1.165) is 32.4 Å². The molecule has 1 fully saturated rings. The molecule has 0 aromatic carbocycles. The summed E-state index contributed by atoms with van der Waals surface area (Å²) in [6.07, 6.45) is 5.33. The quantitative estimate of drug-likeness (QED) is 0.860. The number of aromatic nitrogens is 2. The highest BCUT2D eigenvalue weighted by molar-refractivity contribution is 5.88. The zero-order valence-electron chi connectivity index (χ0n) is 10.0. The third kappa shape index (κ3) is 2.54. The number of carboxylic acids is 1. The summed E-state index contributed by atoms with van der Waals surface area (Å²) in [5, 5.41) is 9.05. The van der Waals surface area contributed by atoms with Gasteiger partial charge >= 0.3 is 5.97 Å². The molecule has 2 rings (SSSR count). The number of carbonyl (C=O) groups is 1. The number of carboxylic acid groups (broad SMARTS) is 1. The Bertz CT molecular complexity index is 414. The van der Waals surface area contributed by atoms with Crippen LogP contribution in [0.2, 0.25) is 0 Å². The normalized spacial score (nSPS) is 15.2. The van der Waals surface area contributed by atoms with Crippen molar-refractivity contribution in [2.24, 2.45) is 0 Å². The Morgan fingerprint density at radius 3 is 2.76 bits per heavy atom. The van der Waals surface area contributed by atoms with Gasteiger partial charge in [-0.05, 0) is 19.3 Å². The fraction of sp³-hybridized carbons (Fsp3) is 0.583. The van der Waals surface area contributed by atoms with Crippen molar-refractivity contribution in [2.45, 2.75) is 32.6 Å². The average Bonchev–Trinajstić information content (AvgIpc) is 2.82. The molecule has 5 heteroatoms. The number of hydrogen-bond donors (Lipinski definition) is 1. The molecule has 0 atom stereocenters. The maximum Gasteiger partial charge on any atom is 0.339 e. The van der Waals surface area contributed by atoms with Crippen molar-refractivity contribution < 1.29 is 9.90 Å². The Balaban J connectivity index is 2.30. The summed E-state index contributed by atoms with van der Waals surface area (Å²) >= 11 is 0. The predicted molar refractivity (Wildman–Crippen MR) is 64.4 cm³/mol. The molecule has 1 aromatic rings. The molecular weight excluding hydrogens is 218 g/mol. The highest BCUT2D eigenvalue weighted by Crippen LogP contribution is 2.18. The summed E-state index contributed by atoms with van der Waals surface area (Å²) in [4.78, 5) is 21.7. The van der Waals surface area contributed by atoms with Crippen LogP contribution in [0.5, 0.6) is 0 Å². The largest absolute Gasteiger partial charge is 0.478 e. The molecule has 0 spiro atoms. The number of aryl methyl sites for hydroxylation is 1. The lowest BCUT2D eigenvalue weighted by Gasteiger charge is -2.16. The molecule has 0 radical (unpaired) electrons. The number of nitrogens with zero attached hydrogens (tertiary/aromatic N) is 3. The third-order valence-corrected chi connectivity index (χ3v) is 2.96. The topological polar surface area (TPSA) is 66.3 Å². The van der Waals surface area contributed by atoms with E-state index >= 15 is 0 Å². The summed E-state index contributed by atoms with van der Waals surface area (Å²) in [5.74, 6) is -0.266. The lowest BCUT2D eigenvalue weighted by molar-refractivity contribution is 0.0694. The zero-order chi connectivity index (χ0) is 12.3. The molecule has 0 bridgehead atoms. The first-order valence-corrected chi connectivity index (χ1v) is 6.06. The van der Waals surface area contributed by atoms with Crippen molar-refractivity contribution >= 4 is 11.9 Å². The van der Waals surface area contributed by atoms with Crippen LogP contribution in [0.25, 0.3) is 0 Å². The van der Waals surface area contributed by atoms with Crippen LogP contribution in [0, 0.1) is 0 Å². The van der Waals surface area contributed by atoms with E-state index in [9.17, 15) is 4.79 Å².